The minimum atomic E-state index is -0.696. The summed E-state index contributed by atoms with van der Waals surface area (Å²) in [5.41, 5.74) is 1.36. The van der Waals surface area contributed by atoms with Crippen molar-refractivity contribution in [3.05, 3.63) is 69.0 Å². The van der Waals surface area contributed by atoms with Gasteiger partial charge < -0.3 is 5.32 Å². The van der Waals surface area contributed by atoms with E-state index in [1.807, 2.05) is 0 Å². The van der Waals surface area contributed by atoms with E-state index in [1.54, 1.807) is 0 Å². The lowest BCUT2D eigenvalue weighted by Gasteiger charge is -2.11. The molecule has 0 aliphatic heterocycles. The number of carbonyl (C=O) groups excluding carboxylic acids is 2. The Balaban J connectivity index is 1.78. The van der Waals surface area contributed by atoms with E-state index in [-0.39, 0.29) is 17.2 Å². The Kier molecular flexibility index (Phi) is 3.89. The fourth-order valence-corrected chi connectivity index (χ4v) is 2.77. The van der Waals surface area contributed by atoms with Gasteiger partial charge in [-0.1, -0.05) is 23.2 Å². The fourth-order valence-electron chi connectivity index (χ4n) is 2.47. The van der Waals surface area contributed by atoms with E-state index in [0.29, 0.717) is 21.7 Å². The van der Waals surface area contributed by atoms with Gasteiger partial charge in [-0.2, -0.15) is 0 Å². The van der Waals surface area contributed by atoms with Crippen molar-refractivity contribution in [3.63, 3.8) is 0 Å². The number of hydrogen-bond acceptors (Lipinski definition) is 2. The second kappa shape index (κ2) is 5.71. The third-order valence-corrected chi connectivity index (χ3v) is 4.30. The summed E-state index contributed by atoms with van der Waals surface area (Å²) in [7, 11) is 0. The molecule has 1 atom stereocenters. The first kappa shape index (κ1) is 15.0. The highest BCUT2D eigenvalue weighted by Crippen LogP contribution is 2.25. The van der Waals surface area contributed by atoms with Crippen LogP contribution in [0.1, 0.15) is 26.3 Å². The van der Waals surface area contributed by atoms with Gasteiger partial charge in [0.05, 0.1) is 16.1 Å². The quantitative estimate of drug-likeness (QED) is 0.908. The summed E-state index contributed by atoms with van der Waals surface area (Å²) in [4.78, 5) is 24.4. The molecule has 22 heavy (non-hydrogen) atoms. The van der Waals surface area contributed by atoms with Crippen LogP contribution in [0.15, 0.2) is 36.4 Å². The number of carbonyl (C=O) groups is 2. The second-order valence-electron chi connectivity index (χ2n) is 5.02. The first-order valence-electron chi connectivity index (χ1n) is 6.54. The number of hydrogen-bond donors (Lipinski definition) is 1. The van der Waals surface area contributed by atoms with Crippen molar-refractivity contribution in [1.82, 2.24) is 5.32 Å². The highest BCUT2D eigenvalue weighted by atomic mass is 35.5. The monoisotopic (exact) mass is 337 g/mol. The van der Waals surface area contributed by atoms with Crippen molar-refractivity contribution in [2.24, 2.45) is 0 Å². The third kappa shape index (κ3) is 2.72. The number of benzene rings is 2. The molecule has 1 N–H and O–H groups in total. The van der Waals surface area contributed by atoms with Gasteiger partial charge in [0.25, 0.3) is 5.91 Å². The molecule has 112 valence electrons. The molecule has 0 aromatic heterocycles. The summed E-state index contributed by atoms with van der Waals surface area (Å²) < 4.78 is 13.2. The molecule has 1 unspecified atom stereocenters. The van der Waals surface area contributed by atoms with Crippen LogP contribution in [0.25, 0.3) is 0 Å². The second-order valence-corrected chi connectivity index (χ2v) is 5.84. The van der Waals surface area contributed by atoms with E-state index in [4.69, 9.17) is 23.2 Å². The minimum Gasteiger partial charge on any atom is -0.342 e. The average Bonchev–Trinajstić information content (AvgIpc) is 2.77. The molecule has 2 aromatic rings. The van der Waals surface area contributed by atoms with Crippen LogP contribution in [0.3, 0.4) is 0 Å². The standard InChI is InChI=1S/C16H10Cl2FNO2/c17-12-4-1-8(6-13(12)18)16(22)20-14-7-9-5-10(19)2-3-11(9)15(14)21/h1-6,14H,7H2,(H,20,22). The fraction of sp³-hybridized carbons (Fsp3) is 0.125. The van der Waals surface area contributed by atoms with Gasteiger partial charge in [0.15, 0.2) is 5.78 Å². The molecule has 3 rings (SSSR count). The number of nitrogens with one attached hydrogen (secondary N) is 1. The Labute approximate surface area is 136 Å². The topological polar surface area (TPSA) is 46.2 Å². The molecule has 3 nitrogen and oxygen atoms in total. The van der Waals surface area contributed by atoms with Gasteiger partial charge in [0.1, 0.15) is 5.82 Å². The number of amides is 1. The van der Waals surface area contributed by atoms with Crippen LogP contribution in [-0.4, -0.2) is 17.7 Å². The molecule has 6 heteroatoms. The van der Waals surface area contributed by atoms with Crippen molar-refractivity contribution in [3.8, 4) is 0 Å². The molecule has 1 aliphatic carbocycles. The van der Waals surface area contributed by atoms with Gasteiger partial charge in [-0.3, -0.25) is 9.59 Å². The lowest BCUT2D eigenvalue weighted by Crippen LogP contribution is -2.39. The van der Waals surface area contributed by atoms with Crippen molar-refractivity contribution in [1.29, 1.82) is 0 Å². The Morgan fingerprint density at radius 2 is 1.91 bits per heavy atom. The van der Waals surface area contributed by atoms with Gasteiger partial charge in [0, 0.05) is 17.5 Å². The summed E-state index contributed by atoms with van der Waals surface area (Å²) in [6.07, 6.45) is 0.277. The zero-order valence-corrected chi connectivity index (χ0v) is 12.7. The molecule has 0 radical (unpaired) electrons. The molecule has 0 saturated carbocycles. The van der Waals surface area contributed by atoms with Crippen molar-refractivity contribution < 1.29 is 14.0 Å². The van der Waals surface area contributed by atoms with Gasteiger partial charge in [-0.25, -0.2) is 4.39 Å². The smallest absolute Gasteiger partial charge is 0.251 e. The largest absolute Gasteiger partial charge is 0.342 e. The third-order valence-electron chi connectivity index (χ3n) is 3.56. The molecule has 2 aromatic carbocycles. The maximum Gasteiger partial charge on any atom is 0.251 e. The maximum atomic E-state index is 13.2. The van der Waals surface area contributed by atoms with Crippen LogP contribution < -0.4 is 5.32 Å². The molecular weight excluding hydrogens is 328 g/mol. The Morgan fingerprint density at radius 1 is 1.14 bits per heavy atom. The first-order chi connectivity index (χ1) is 10.5. The van der Waals surface area contributed by atoms with Gasteiger partial charge in [0.2, 0.25) is 0 Å². The molecule has 0 bridgehead atoms. The summed E-state index contributed by atoms with van der Waals surface area (Å²) in [6, 6.07) is 7.77. The van der Waals surface area contributed by atoms with Crippen LogP contribution in [-0.2, 0) is 6.42 Å². The van der Waals surface area contributed by atoms with Crippen LogP contribution in [0.4, 0.5) is 4.39 Å². The minimum absolute atomic E-state index is 0.219. The Morgan fingerprint density at radius 3 is 2.64 bits per heavy atom. The van der Waals surface area contributed by atoms with Gasteiger partial charge >= 0.3 is 0 Å². The zero-order valence-electron chi connectivity index (χ0n) is 11.2. The molecule has 0 saturated heterocycles. The van der Waals surface area contributed by atoms with E-state index < -0.39 is 17.8 Å². The lowest BCUT2D eigenvalue weighted by molar-refractivity contribution is 0.0868. The summed E-state index contributed by atoms with van der Waals surface area (Å²) in [6.45, 7) is 0. The summed E-state index contributed by atoms with van der Waals surface area (Å²) in [5.74, 6) is -1.04. The van der Waals surface area contributed by atoms with Crippen LogP contribution >= 0.6 is 23.2 Å². The molecule has 1 amide bonds. The molecule has 0 heterocycles. The summed E-state index contributed by atoms with van der Waals surface area (Å²) in [5, 5.41) is 3.25. The molecule has 0 spiro atoms. The SMILES string of the molecule is O=C(NC1Cc2cc(F)ccc2C1=O)c1ccc(Cl)c(Cl)c1. The van der Waals surface area contributed by atoms with Gasteiger partial charge in [-0.15, -0.1) is 0 Å². The summed E-state index contributed by atoms with van der Waals surface area (Å²) >= 11 is 11.7. The molecule has 0 fully saturated rings. The highest BCUT2D eigenvalue weighted by Gasteiger charge is 2.32. The number of ketones is 1. The predicted octanol–water partition coefficient (Wildman–Crippen LogP) is 3.67. The maximum absolute atomic E-state index is 13.2. The van der Waals surface area contributed by atoms with Crippen molar-refractivity contribution >= 4 is 34.9 Å². The van der Waals surface area contributed by atoms with E-state index in [2.05, 4.69) is 5.32 Å². The molecule has 1 aliphatic rings. The zero-order chi connectivity index (χ0) is 15.9. The van der Waals surface area contributed by atoms with Crippen LogP contribution in [0, 0.1) is 5.82 Å². The number of rotatable bonds is 2. The predicted molar refractivity (Wildman–Crippen MR) is 82.2 cm³/mol. The average molecular weight is 338 g/mol. The van der Waals surface area contributed by atoms with E-state index in [1.165, 1.54) is 36.4 Å². The number of Topliss-reactive ketones (excluding diaryl/α,β-unsaturated/α-hetero) is 1. The van der Waals surface area contributed by atoms with Crippen LogP contribution in [0.5, 0.6) is 0 Å². The van der Waals surface area contributed by atoms with Crippen molar-refractivity contribution in [2.45, 2.75) is 12.5 Å². The van der Waals surface area contributed by atoms with E-state index >= 15 is 0 Å². The van der Waals surface area contributed by atoms with Gasteiger partial charge in [-0.05, 0) is 42.0 Å². The first-order valence-corrected chi connectivity index (χ1v) is 7.30. The highest BCUT2D eigenvalue weighted by molar-refractivity contribution is 6.42. The van der Waals surface area contributed by atoms with Crippen LogP contribution in [0.2, 0.25) is 10.0 Å². The van der Waals surface area contributed by atoms with E-state index in [9.17, 15) is 14.0 Å². The normalized spacial score (nSPS) is 16.5. The number of fused-ring (bicyclic) bond motifs is 1. The Hall–Kier alpha value is -1.91. The van der Waals surface area contributed by atoms with Crippen molar-refractivity contribution in [2.75, 3.05) is 0 Å². The van der Waals surface area contributed by atoms with E-state index in [0.717, 1.165) is 0 Å². The number of halogens is 3. The lowest BCUT2D eigenvalue weighted by atomic mass is 10.1. The molecular formula is C16H10Cl2FNO2. The Bertz CT molecular complexity index is 792.